The molecule has 0 heterocycles. The van der Waals surface area contributed by atoms with Gasteiger partial charge < -0.3 is 9.84 Å². The Bertz CT molecular complexity index is 370. The fourth-order valence-corrected chi connectivity index (χ4v) is 1.54. The third-order valence-corrected chi connectivity index (χ3v) is 2.46. The van der Waals surface area contributed by atoms with Crippen LogP contribution in [0.3, 0.4) is 0 Å². The molecule has 0 radical (unpaired) electrons. The summed E-state index contributed by atoms with van der Waals surface area (Å²) in [6.45, 7) is 4.38. The summed E-state index contributed by atoms with van der Waals surface area (Å²) >= 11 is 0. The fraction of sp³-hybridized carbons (Fsp3) is 0.462. The molecule has 3 heteroatoms. The van der Waals surface area contributed by atoms with Gasteiger partial charge in [0.1, 0.15) is 5.75 Å². The molecule has 0 fully saturated rings. The number of hydrogen-bond acceptors (Lipinski definition) is 3. The molecule has 86 valence electrons. The molecule has 16 heavy (non-hydrogen) atoms. The Labute approximate surface area is 96.3 Å². The van der Waals surface area contributed by atoms with Crippen LogP contribution in [-0.2, 0) is 0 Å². The van der Waals surface area contributed by atoms with E-state index in [0.717, 1.165) is 11.3 Å². The van der Waals surface area contributed by atoms with E-state index in [-0.39, 0.29) is 5.92 Å². The molecule has 0 saturated carbocycles. The van der Waals surface area contributed by atoms with Crippen molar-refractivity contribution >= 4 is 0 Å². The smallest absolute Gasteiger partial charge is 0.119 e. The molecule has 0 aliphatic carbocycles. The van der Waals surface area contributed by atoms with Crippen LogP contribution in [0, 0.1) is 17.2 Å². The average molecular weight is 219 g/mol. The highest BCUT2D eigenvalue weighted by Crippen LogP contribution is 2.26. The predicted molar refractivity (Wildman–Crippen MR) is 62.0 cm³/mol. The lowest BCUT2D eigenvalue weighted by Gasteiger charge is -2.17. The largest absolute Gasteiger partial charge is 0.494 e. The van der Waals surface area contributed by atoms with Crippen LogP contribution < -0.4 is 4.74 Å². The topological polar surface area (TPSA) is 53.2 Å². The Kier molecular flexibility index (Phi) is 4.81. The lowest BCUT2D eigenvalue weighted by molar-refractivity contribution is 0.119. The van der Waals surface area contributed by atoms with Crippen LogP contribution >= 0.6 is 0 Å². The molecule has 0 spiro atoms. The minimum Gasteiger partial charge on any atom is -0.494 e. The summed E-state index contributed by atoms with van der Waals surface area (Å²) in [4.78, 5) is 0. The van der Waals surface area contributed by atoms with Gasteiger partial charge in [0.25, 0.3) is 0 Å². The Balaban J connectivity index is 2.79. The van der Waals surface area contributed by atoms with E-state index in [1.165, 1.54) is 0 Å². The van der Waals surface area contributed by atoms with E-state index in [2.05, 4.69) is 6.07 Å². The molecular weight excluding hydrogens is 202 g/mol. The zero-order chi connectivity index (χ0) is 12.0. The molecule has 0 amide bonds. The van der Waals surface area contributed by atoms with Crippen molar-refractivity contribution < 1.29 is 9.84 Å². The average Bonchev–Trinajstić information content (AvgIpc) is 2.29. The zero-order valence-corrected chi connectivity index (χ0v) is 9.68. The molecule has 0 bridgehead atoms. The molecule has 1 rings (SSSR count). The van der Waals surface area contributed by atoms with Crippen LogP contribution in [-0.4, -0.2) is 11.7 Å². The minimum atomic E-state index is -0.611. The standard InChI is InChI=1S/C13H17NO2/c1-3-16-12-6-4-5-11(9-12)13(15)10(2)7-8-14/h4-6,9-10,13,15H,3,7H2,1-2H3. The van der Waals surface area contributed by atoms with Gasteiger partial charge in [-0.2, -0.15) is 5.26 Å². The van der Waals surface area contributed by atoms with Crippen LogP contribution in [0.4, 0.5) is 0 Å². The molecule has 0 aliphatic heterocycles. The number of benzene rings is 1. The van der Waals surface area contributed by atoms with E-state index in [9.17, 15) is 5.11 Å². The van der Waals surface area contributed by atoms with Gasteiger partial charge in [-0.3, -0.25) is 0 Å². The highest BCUT2D eigenvalue weighted by atomic mass is 16.5. The van der Waals surface area contributed by atoms with Gasteiger partial charge in [0.2, 0.25) is 0 Å². The monoisotopic (exact) mass is 219 g/mol. The number of nitriles is 1. The van der Waals surface area contributed by atoms with Gasteiger partial charge in [0.15, 0.2) is 0 Å². The van der Waals surface area contributed by atoms with Crippen molar-refractivity contribution in [2.75, 3.05) is 6.61 Å². The number of aliphatic hydroxyl groups is 1. The normalized spacial score (nSPS) is 13.9. The van der Waals surface area contributed by atoms with Gasteiger partial charge in [-0.05, 0) is 30.5 Å². The van der Waals surface area contributed by atoms with Gasteiger partial charge in [-0.25, -0.2) is 0 Å². The molecule has 0 aliphatic rings. The van der Waals surface area contributed by atoms with Crippen molar-refractivity contribution in [2.24, 2.45) is 5.92 Å². The fourth-order valence-electron chi connectivity index (χ4n) is 1.54. The molecule has 1 aromatic rings. The van der Waals surface area contributed by atoms with E-state index in [4.69, 9.17) is 10.00 Å². The molecule has 1 N–H and O–H groups in total. The van der Waals surface area contributed by atoms with Crippen molar-refractivity contribution in [1.82, 2.24) is 0 Å². The van der Waals surface area contributed by atoms with Crippen molar-refractivity contribution in [3.05, 3.63) is 29.8 Å². The Hall–Kier alpha value is -1.53. The maximum Gasteiger partial charge on any atom is 0.119 e. The quantitative estimate of drug-likeness (QED) is 0.828. The zero-order valence-electron chi connectivity index (χ0n) is 9.68. The number of rotatable bonds is 5. The summed E-state index contributed by atoms with van der Waals surface area (Å²) in [6, 6.07) is 9.44. The van der Waals surface area contributed by atoms with E-state index in [1.54, 1.807) is 0 Å². The van der Waals surface area contributed by atoms with E-state index in [1.807, 2.05) is 38.1 Å². The van der Waals surface area contributed by atoms with E-state index in [0.29, 0.717) is 13.0 Å². The van der Waals surface area contributed by atoms with Crippen LogP contribution in [0.1, 0.15) is 31.9 Å². The molecule has 2 unspecified atom stereocenters. The summed E-state index contributed by atoms with van der Waals surface area (Å²) in [5.74, 6) is 0.685. The lowest BCUT2D eigenvalue weighted by Crippen LogP contribution is -2.08. The first-order valence-electron chi connectivity index (χ1n) is 5.46. The maximum absolute atomic E-state index is 10.0. The summed E-state index contributed by atoms with van der Waals surface area (Å²) in [6.07, 6.45) is -0.264. The summed E-state index contributed by atoms with van der Waals surface area (Å²) in [7, 11) is 0. The second-order valence-electron chi connectivity index (χ2n) is 3.79. The minimum absolute atomic E-state index is 0.0677. The Morgan fingerprint density at radius 3 is 2.88 bits per heavy atom. The summed E-state index contributed by atoms with van der Waals surface area (Å²) in [5, 5.41) is 18.6. The lowest BCUT2D eigenvalue weighted by atomic mass is 9.95. The predicted octanol–water partition coefficient (Wildman–Crippen LogP) is 2.67. The van der Waals surface area contributed by atoms with Crippen molar-refractivity contribution in [1.29, 1.82) is 5.26 Å². The number of hydrogen-bond donors (Lipinski definition) is 1. The van der Waals surface area contributed by atoms with E-state index < -0.39 is 6.10 Å². The van der Waals surface area contributed by atoms with Crippen LogP contribution in [0.5, 0.6) is 5.75 Å². The highest BCUT2D eigenvalue weighted by molar-refractivity contribution is 5.30. The van der Waals surface area contributed by atoms with Gasteiger partial charge in [-0.15, -0.1) is 0 Å². The number of ether oxygens (including phenoxy) is 1. The van der Waals surface area contributed by atoms with Gasteiger partial charge >= 0.3 is 0 Å². The SMILES string of the molecule is CCOc1cccc(C(O)C(C)CC#N)c1. The first kappa shape index (κ1) is 12.5. The van der Waals surface area contributed by atoms with Crippen molar-refractivity contribution in [2.45, 2.75) is 26.4 Å². The van der Waals surface area contributed by atoms with Gasteiger partial charge in [0.05, 0.1) is 18.8 Å². The highest BCUT2D eigenvalue weighted by Gasteiger charge is 2.16. The van der Waals surface area contributed by atoms with Crippen LogP contribution in [0.2, 0.25) is 0 Å². The molecule has 0 saturated heterocycles. The van der Waals surface area contributed by atoms with Crippen molar-refractivity contribution in [3.63, 3.8) is 0 Å². The second kappa shape index (κ2) is 6.14. The molecule has 1 aromatic carbocycles. The molecular formula is C13H17NO2. The molecule has 0 aromatic heterocycles. The first-order chi connectivity index (χ1) is 7.69. The Morgan fingerprint density at radius 2 is 2.25 bits per heavy atom. The third-order valence-electron chi connectivity index (χ3n) is 2.46. The third kappa shape index (κ3) is 3.25. The second-order valence-corrected chi connectivity index (χ2v) is 3.79. The first-order valence-corrected chi connectivity index (χ1v) is 5.46. The van der Waals surface area contributed by atoms with Crippen LogP contribution in [0.25, 0.3) is 0 Å². The molecule has 2 atom stereocenters. The van der Waals surface area contributed by atoms with Crippen LogP contribution in [0.15, 0.2) is 24.3 Å². The van der Waals surface area contributed by atoms with Gasteiger partial charge in [-0.1, -0.05) is 19.1 Å². The summed E-state index contributed by atoms with van der Waals surface area (Å²) in [5.41, 5.74) is 0.800. The number of aliphatic hydroxyl groups excluding tert-OH is 1. The maximum atomic E-state index is 10.0. The van der Waals surface area contributed by atoms with Gasteiger partial charge in [0, 0.05) is 6.42 Å². The molecule has 3 nitrogen and oxygen atoms in total. The Morgan fingerprint density at radius 1 is 1.50 bits per heavy atom. The van der Waals surface area contributed by atoms with Crippen molar-refractivity contribution in [3.8, 4) is 11.8 Å². The van der Waals surface area contributed by atoms with E-state index >= 15 is 0 Å². The number of nitrogens with zero attached hydrogens (tertiary/aromatic N) is 1. The summed E-state index contributed by atoms with van der Waals surface area (Å²) < 4.78 is 5.36.